The van der Waals surface area contributed by atoms with Gasteiger partial charge in [-0.2, -0.15) is 0 Å². The Bertz CT molecular complexity index is 365. The lowest BCUT2D eigenvalue weighted by molar-refractivity contribution is -0.0167. The number of halogens is 2. The summed E-state index contributed by atoms with van der Waals surface area (Å²) < 4.78 is 5.41. The summed E-state index contributed by atoms with van der Waals surface area (Å²) in [6.07, 6.45) is 3.18. The van der Waals surface area contributed by atoms with Crippen molar-refractivity contribution in [1.29, 1.82) is 0 Å². The van der Waals surface area contributed by atoms with Gasteiger partial charge >= 0.3 is 0 Å². The molecule has 1 aromatic heterocycles. The van der Waals surface area contributed by atoms with E-state index in [2.05, 4.69) is 4.98 Å². The van der Waals surface area contributed by atoms with Crippen LogP contribution in [-0.2, 0) is 4.74 Å². The standard InChI is InChI=1S/C11H15N3O2.2ClH/c12-6-10-8-14(4-5-16-10)11(15)9-2-1-3-13-7-9;;/h1-3,7,10H,4-6,8,12H2;2*1H. The van der Waals surface area contributed by atoms with E-state index in [4.69, 9.17) is 10.5 Å². The van der Waals surface area contributed by atoms with Crippen LogP contribution in [0.2, 0.25) is 0 Å². The van der Waals surface area contributed by atoms with E-state index >= 15 is 0 Å². The zero-order valence-electron chi connectivity index (χ0n) is 9.82. The molecule has 0 aliphatic carbocycles. The van der Waals surface area contributed by atoms with Gasteiger partial charge in [-0.15, -0.1) is 24.8 Å². The first kappa shape index (κ1) is 17.1. The first-order valence-corrected chi connectivity index (χ1v) is 5.32. The number of hydrogen-bond donors (Lipinski definition) is 1. The summed E-state index contributed by atoms with van der Waals surface area (Å²) >= 11 is 0. The number of rotatable bonds is 2. The van der Waals surface area contributed by atoms with E-state index in [1.54, 1.807) is 29.4 Å². The molecule has 1 unspecified atom stereocenters. The maximum Gasteiger partial charge on any atom is 0.255 e. The second-order valence-electron chi connectivity index (χ2n) is 3.72. The van der Waals surface area contributed by atoms with E-state index in [9.17, 15) is 4.79 Å². The van der Waals surface area contributed by atoms with Crippen molar-refractivity contribution in [2.24, 2.45) is 5.73 Å². The molecule has 2 heterocycles. The molecule has 0 aromatic carbocycles. The average molecular weight is 294 g/mol. The summed E-state index contributed by atoms with van der Waals surface area (Å²) in [5, 5.41) is 0. The predicted molar refractivity (Wildman–Crippen MR) is 73.4 cm³/mol. The van der Waals surface area contributed by atoms with Gasteiger partial charge in [0, 0.05) is 32.0 Å². The summed E-state index contributed by atoms with van der Waals surface area (Å²) in [6, 6.07) is 3.52. The summed E-state index contributed by atoms with van der Waals surface area (Å²) in [5.74, 6) is -0.00477. The smallest absolute Gasteiger partial charge is 0.255 e. The van der Waals surface area contributed by atoms with Gasteiger partial charge in [-0.05, 0) is 12.1 Å². The van der Waals surface area contributed by atoms with Crippen molar-refractivity contribution in [3.63, 3.8) is 0 Å². The third-order valence-corrected chi connectivity index (χ3v) is 2.60. The second-order valence-corrected chi connectivity index (χ2v) is 3.72. The van der Waals surface area contributed by atoms with Crippen molar-refractivity contribution in [2.75, 3.05) is 26.2 Å². The van der Waals surface area contributed by atoms with Gasteiger partial charge in [-0.25, -0.2) is 0 Å². The Hall–Kier alpha value is -0.880. The van der Waals surface area contributed by atoms with Crippen LogP contribution in [0, 0.1) is 0 Å². The molecule has 18 heavy (non-hydrogen) atoms. The molecular weight excluding hydrogens is 277 g/mol. The van der Waals surface area contributed by atoms with Crippen LogP contribution in [0.25, 0.3) is 0 Å². The molecule has 2 N–H and O–H groups in total. The van der Waals surface area contributed by atoms with Crippen LogP contribution in [0.3, 0.4) is 0 Å². The van der Waals surface area contributed by atoms with Crippen LogP contribution in [0.15, 0.2) is 24.5 Å². The number of nitrogens with zero attached hydrogens (tertiary/aromatic N) is 2. The van der Waals surface area contributed by atoms with Crippen molar-refractivity contribution in [3.05, 3.63) is 30.1 Å². The molecular formula is C11H17Cl2N3O2. The first-order valence-electron chi connectivity index (χ1n) is 5.32. The van der Waals surface area contributed by atoms with Crippen LogP contribution < -0.4 is 5.73 Å². The quantitative estimate of drug-likeness (QED) is 0.873. The van der Waals surface area contributed by atoms with Gasteiger partial charge in [0.15, 0.2) is 0 Å². The van der Waals surface area contributed by atoms with Gasteiger partial charge in [-0.3, -0.25) is 9.78 Å². The minimum absolute atomic E-state index is 0. The summed E-state index contributed by atoms with van der Waals surface area (Å²) in [6.45, 7) is 2.17. The maximum absolute atomic E-state index is 12.1. The number of carbonyl (C=O) groups is 1. The molecule has 1 fully saturated rings. The fraction of sp³-hybridized carbons (Fsp3) is 0.455. The predicted octanol–water partition coefficient (Wildman–Crippen LogP) is 0.725. The minimum atomic E-state index is -0.0469. The van der Waals surface area contributed by atoms with Crippen LogP contribution in [-0.4, -0.2) is 48.1 Å². The largest absolute Gasteiger partial charge is 0.373 e. The second kappa shape index (κ2) is 8.26. The fourth-order valence-electron chi connectivity index (χ4n) is 1.72. The third kappa shape index (κ3) is 4.10. The molecule has 1 atom stereocenters. The Kier molecular flexibility index (Phi) is 7.86. The van der Waals surface area contributed by atoms with Crippen molar-refractivity contribution >= 4 is 30.7 Å². The number of aromatic nitrogens is 1. The van der Waals surface area contributed by atoms with E-state index in [1.807, 2.05) is 0 Å². The molecule has 102 valence electrons. The highest BCUT2D eigenvalue weighted by Crippen LogP contribution is 2.09. The lowest BCUT2D eigenvalue weighted by Gasteiger charge is -2.32. The molecule has 0 spiro atoms. The molecule has 7 heteroatoms. The molecule has 1 saturated heterocycles. The van der Waals surface area contributed by atoms with Crippen molar-refractivity contribution in [1.82, 2.24) is 9.88 Å². The molecule has 0 bridgehead atoms. The highest BCUT2D eigenvalue weighted by Gasteiger charge is 2.23. The third-order valence-electron chi connectivity index (χ3n) is 2.60. The Balaban J connectivity index is 0.00000144. The van der Waals surface area contributed by atoms with Crippen LogP contribution in [0.1, 0.15) is 10.4 Å². The topological polar surface area (TPSA) is 68.5 Å². The SMILES string of the molecule is Cl.Cl.NCC1CN(C(=O)c2cccnc2)CCO1. The Morgan fingerprint density at radius 1 is 1.56 bits per heavy atom. The first-order chi connectivity index (χ1) is 7.81. The minimum Gasteiger partial charge on any atom is -0.373 e. The Morgan fingerprint density at radius 2 is 2.33 bits per heavy atom. The molecule has 1 aliphatic heterocycles. The zero-order chi connectivity index (χ0) is 11.4. The van der Waals surface area contributed by atoms with Crippen LogP contribution in [0.5, 0.6) is 0 Å². The lowest BCUT2D eigenvalue weighted by atomic mass is 10.2. The summed E-state index contributed by atoms with van der Waals surface area (Å²) in [4.78, 5) is 17.7. The van der Waals surface area contributed by atoms with E-state index in [-0.39, 0.29) is 36.8 Å². The zero-order valence-corrected chi connectivity index (χ0v) is 11.5. The highest BCUT2D eigenvalue weighted by atomic mass is 35.5. The van der Waals surface area contributed by atoms with Gasteiger partial charge in [0.05, 0.1) is 18.3 Å². The molecule has 1 aliphatic rings. The number of hydrogen-bond acceptors (Lipinski definition) is 4. The number of carbonyl (C=O) groups excluding carboxylic acids is 1. The van der Waals surface area contributed by atoms with E-state index in [1.165, 1.54) is 0 Å². The summed E-state index contributed by atoms with van der Waals surface area (Å²) in [7, 11) is 0. The number of morpholine rings is 1. The Morgan fingerprint density at radius 3 is 2.94 bits per heavy atom. The average Bonchev–Trinajstić information content (AvgIpc) is 2.39. The number of amides is 1. The number of pyridine rings is 1. The normalized spacial score (nSPS) is 18.5. The number of ether oxygens (including phenoxy) is 1. The van der Waals surface area contributed by atoms with Crippen molar-refractivity contribution in [3.8, 4) is 0 Å². The number of nitrogens with two attached hydrogens (primary N) is 1. The van der Waals surface area contributed by atoms with Gasteiger partial charge in [0.1, 0.15) is 0 Å². The molecule has 1 amide bonds. The van der Waals surface area contributed by atoms with Crippen molar-refractivity contribution < 1.29 is 9.53 Å². The summed E-state index contributed by atoms with van der Waals surface area (Å²) in [5.41, 5.74) is 6.14. The Labute approximate surface area is 119 Å². The van der Waals surface area contributed by atoms with E-state index in [0.717, 1.165) is 0 Å². The fourth-order valence-corrected chi connectivity index (χ4v) is 1.72. The van der Waals surface area contributed by atoms with Gasteiger partial charge in [0.2, 0.25) is 0 Å². The van der Waals surface area contributed by atoms with Crippen LogP contribution >= 0.6 is 24.8 Å². The molecule has 0 saturated carbocycles. The lowest BCUT2D eigenvalue weighted by Crippen LogP contribution is -2.48. The molecule has 5 nitrogen and oxygen atoms in total. The van der Waals surface area contributed by atoms with E-state index < -0.39 is 0 Å². The monoisotopic (exact) mass is 293 g/mol. The van der Waals surface area contributed by atoms with Gasteiger partial charge in [0.25, 0.3) is 5.91 Å². The van der Waals surface area contributed by atoms with E-state index in [0.29, 0.717) is 31.8 Å². The maximum atomic E-state index is 12.1. The van der Waals surface area contributed by atoms with Crippen molar-refractivity contribution in [2.45, 2.75) is 6.10 Å². The van der Waals surface area contributed by atoms with Crippen LogP contribution in [0.4, 0.5) is 0 Å². The van der Waals surface area contributed by atoms with Gasteiger partial charge < -0.3 is 15.4 Å². The molecule has 0 radical (unpaired) electrons. The molecule has 1 aromatic rings. The molecule has 2 rings (SSSR count). The highest BCUT2D eigenvalue weighted by molar-refractivity contribution is 5.93. The van der Waals surface area contributed by atoms with Gasteiger partial charge in [-0.1, -0.05) is 0 Å².